The average Bonchev–Trinajstić information content (AvgIpc) is 3.33. The lowest BCUT2D eigenvalue weighted by molar-refractivity contribution is -0.287. The van der Waals surface area contributed by atoms with Gasteiger partial charge in [-0.05, 0) is 29.2 Å². The number of alkyl carbamates (subject to hydrolysis) is 1. The van der Waals surface area contributed by atoms with Crippen molar-refractivity contribution in [2.75, 3.05) is 13.2 Å². The fourth-order valence-corrected chi connectivity index (χ4v) is 5.84. The van der Waals surface area contributed by atoms with E-state index in [0.717, 1.165) is 49.9 Å². The zero-order chi connectivity index (χ0) is 35.1. The summed E-state index contributed by atoms with van der Waals surface area (Å²) in [7, 11) is 0. The molecule has 1 heterocycles. The SMILES string of the molecule is CC(=O)NC1C(OC(C)=O)[C@H](OC(C)=O)C(COC(C)=O)O[C@H]1O[C@H](C)[C@H](NC(=O)OCC1c2ccccc2-c2ccccc21)C(=O)O. The summed E-state index contributed by atoms with van der Waals surface area (Å²) >= 11 is 0. The number of carbonyl (C=O) groups excluding carboxylic acids is 5. The predicted molar refractivity (Wildman–Crippen MR) is 164 cm³/mol. The lowest BCUT2D eigenvalue weighted by Gasteiger charge is -2.45. The van der Waals surface area contributed by atoms with Crippen LogP contribution in [0.3, 0.4) is 0 Å². The van der Waals surface area contributed by atoms with Gasteiger partial charge in [0.15, 0.2) is 24.5 Å². The van der Waals surface area contributed by atoms with Crippen molar-refractivity contribution >= 4 is 35.9 Å². The molecular formula is C33H38N2O13. The summed E-state index contributed by atoms with van der Waals surface area (Å²) in [5.41, 5.74) is 3.97. The molecule has 0 radical (unpaired) electrons. The van der Waals surface area contributed by atoms with Crippen molar-refractivity contribution in [2.45, 2.75) is 83.3 Å². The molecule has 48 heavy (non-hydrogen) atoms. The number of hydrogen-bond donors (Lipinski definition) is 3. The van der Waals surface area contributed by atoms with Gasteiger partial charge in [0, 0.05) is 33.6 Å². The summed E-state index contributed by atoms with van der Waals surface area (Å²) in [6, 6.07) is 12.4. The van der Waals surface area contributed by atoms with E-state index in [9.17, 15) is 33.9 Å². The molecule has 15 nitrogen and oxygen atoms in total. The Kier molecular flexibility index (Phi) is 11.7. The number of aliphatic carboxylic acids is 1. The van der Waals surface area contributed by atoms with Crippen molar-refractivity contribution in [1.29, 1.82) is 0 Å². The first-order chi connectivity index (χ1) is 22.8. The molecule has 3 N–H and O–H groups in total. The Hall–Kier alpha value is -5.02. The topological polar surface area (TPSA) is 202 Å². The minimum Gasteiger partial charge on any atom is -0.480 e. The van der Waals surface area contributed by atoms with E-state index in [1.54, 1.807) is 0 Å². The standard InChI is InChI=1S/C33H38N2O13/c1-16(27(31(40)41)35-33(42)44-14-25-23-12-8-6-10-21(23)22-11-7-9-13-24(22)25)45-32-28(34-17(2)36)30(47-20(5)39)29(46-19(4)38)26(48-32)15-43-18(3)37/h6-13,16,25-30,32H,14-15H2,1-5H3,(H,34,36)(H,35,42)(H,40,41)/t16-,26?,27+,28?,29-,30?,32-/m1/s1. The van der Waals surface area contributed by atoms with Crippen LogP contribution < -0.4 is 10.6 Å². The molecule has 258 valence electrons. The van der Waals surface area contributed by atoms with Crippen LogP contribution in [0.1, 0.15) is 51.7 Å². The van der Waals surface area contributed by atoms with Gasteiger partial charge in [0.1, 0.15) is 25.4 Å². The zero-order valence-corrected chi connectivity index (χ0v) is 27.0. The van der Waals surface area contributed by atoms with E-state index in [2.05, 4.69) is 10.6 Å². The predicted octanol–water partition coefficient (Wildman–Crippen LogP) is 2.04. The van der Waals surface area contributed by atoms with Crippen LogP contribution >= 0.6 is 0 Å². The maximum absolute atomic E-state index is 13.0. The Balaban J connectivity index is 1.52. The van der Waals surface area contributed by atoms with Gasteiger partial charge in [-0.25, -0.2) is 9.59 Å². The normalized spacial score (nSPS) is 22.6. The summed E-state index contributed by atoms with van der Waals surface area (Å²) in [5, 5.41) is 14.9. The van der Waals surface area contributed by atoms with Gasteiger partial charge in [0.25, 0.3) is 0 Å². The number of carboxylic acids is 1. The Morgan fingerprint density at radius 3 is 1.88 bits per heavy atom. The second-order valence-corrected chi connectivity index (χ2v) is 11.3. The summed E-state index contributed by atoms with van der Waals surface area (Å²) in [5.74, 6) is -4.67. The molecule has 0 aromatic heterocycles. The van der Waals surface area contributed by atoms with E-state index in [0.29, 0.717) is 0 Å². The number of benzene rings is 2. The smallest absolute Gasteiger partial charge is 0.407 e. The molecule has 1 aliphatic carbocycles. The summed E-state index contributed by atoms with van der Waals surface area (Å²) < 4.78 is 33.2. The van der Waals surface area contributed by atoms with Gasteiger partial charge in [-0.1, -0.05) is 48.5 Å². The average molecular weight is 671 g/mol. The van der Waals surface area contributed by atoms with Gasteiger partial charge in [-0.15, -0.1) is 0 Å². The Morgan fingerprint density at radius 2 is 1.35 bits per heavy atom. The molecular weight excluding hydrogens is 632 g/mol. The van der Waals surface area contributed by atoms with Gasteiger partial charge >= 0.3 is 30.0 Å². The third kappa shape index (κ3) is 8.66. The maximum Gasteiger partial charge on any atom is 0.407 e. The Morgan fingerprint density at radius 1 is 0.792 bits per heavy atom. The van der Waals surface area contributed by atoms with Crippen LogP contribution in [-0.2, 0) is 52.4 Å². The highest BCUT2D eigenvalue weighted by atomic mass is 16.7. The first kappa shape index (κ1) is 35.8. The van der Waals surface area contributed by atoms with Crippen LogP contribution in [0.15, 0.2) is 48.5 Å². The van der Waals surface area contributed by atoms with E-state index in [-0.39, 0.29) is 12.5 Å². The lowest BCUT2D eigenvalue weighted by Crippen LogP contribution is -2.67. The molecule has 2 aromatic rings. The van der Waals surface area contributed by atoms with Crippen molar-refractivity contribution in [1.82, 2.24) is 10.6 Å². The molecule has 1 aliphatic heterocycles. The lowest BCUT2D eigenvalue weighted by atomic mass is 9.95. The molecule has 4 rings (SSSR count). The number of carbonyl (C=O) groups is 6. The minimum atomic E-state index is -1.69. The van der Waals surface area contributed by atoms with Crippen LogP contribution in [0.5, 0.6) is 0 Å². The fraction of sp³-hybridized carbons (Fsp3) is 0.455. The Bertz CT molecular complexity index is 1500. The van der Waals surface area contributed by atoms with Crippen molar-refractivity contribution < 1.29 is 62.3 Å². The molecule has 2 aromatic carbocycles. The number of fused-ring (bicyclic) bond motifs is 3. The number of amides is 2. The third-order valence-corrected chi connectivity index (χ3v) is 7.77. The van der Waals surface area contributed by atoms with E-state index in [4.69, 9.17) is 28.4 Å². The zero-order valence-electron chi connectivity index (χ0n) is 27.0. The maximum atomic E-state index is 13.0. The van der Waals surface area contributed by atoms with E-state index < -0.39 is 85.3 Å². The molecule has 15 heteroatoms. The molecule has 0 spiro atoms. The van der Waals surface area contributed by atoms with Crippen molar-refractivity contribution in [3.63, 3.8) is 0 Å². The van der Waals surface area contributed by atoms with Crippen LogP contribution in [0.25, 0.3) is 11.1 Å². The number of carboxylic acid groups (broad SMARTS) is 1. The Labute approximate surface area is 276 Å². The molecule has 0 bridgehead atoms. The third-order valence-electron chi connectivity index (χ3n) is 7.77. The first-order valence-corrected chi connectivity index (χ1v) is 15.2. The summed E-state index contributed by atoms with van der Waals surface area (Å²) in [6.45, 7) is 5.26. The van der Waals surface area contributed by atoms with Gasteiger partial charge < -0.3 is 44.2 Å². The number of nitrogens with one attached hydrogen (secondary N) is 2. The minimum absolute atomic E-state index is 0.0722. The van der Waals surface area contributed by atoms with Crippen molar-refractivity contribution in [3.05, 3.63) is 59.7 Å². The molecule has 3 unspecified atom stereocenters. The quantitative estimate of drug-likeness (QED) is 0.219. The van der Waals surface area contributed by atoms with E-state index >= 15 is 0 Å². The van der Waals surface area contributed by atoms with E-state index in [1.807, 2.05) is 48.5 Å². The first-order valence-electron chi connectivity index (χ1n) is 15.2. The second kappa shape index (κ2) is 15.7. The van der Waals surface area contributed by atoms with Crippen LogP contribution in [0, 0.1) is 0 Å². The molecule has 2 amide bonds. The highest BCUT2D eigenvalue weighted by Crippen LogP contribution is 2.44. The molecule has 1 fully saturated rings. The monoisotopic (exact) mass is 670 g/mol. The van der Waals surface area contributed by atoms with Crippen LogP contribution in [0.4, 0.5) is 4.79 Å². The molecule has 1 saturated heterocycles. The second-order valence-electron chi connectivity index (χ2n) is 11.3. The fourth-order valence-electron chi connectivity index (χ4n) is 5.84. The van der Waals surface area contributed by atoms with Crippen LogP contribution in [0.2, 0.25) is 0 Å². The van der Waals surface area contributed by atoms with Gasteiger partial charge in [-0.2, -0.15) is 0 Å². The van der Waals surface area contributed by atoms with Gasteiger partial charge in [0.2, 0.25) is 5.91 Å². The van der Waals surface area contributed by atoms with Crippen LogP contribution in [-0.4, -0.2) is 97.0 Å². The largest absolute Gasteiger partial charge is 0.480 e. The van der Waals surface area contributed by atoms with Gasteiger partial charge in [0.05, 0.1) is 6.10 Å². The number of rotatable bonds is 12. The van der Waals surface area contributed by atoms with Crippen molar-refractivity contribution in [2.24, 2.45) is 0 Å². The summed E-state index contributed by atoms with van der Waals surface area (Å²) in [6.07, 6.45) is -7.98. The molecule has 7 atom stereocenters. The summed E-state index contributed by atoms with van der Waals surface area (Å²) in [4.78, 5) is 73.2. The van der Waals surface area contributed by atoms with Gasteiger partial charge in [-0.3, -0.25) is 19.2 Å². The highest BCUT2D eigenvalue weighted by Gasteiger charge is 2.52. The van der Waals surface area contributed by atoms with Crippen molar-refractivity contribution in [3.8, 4) is 11.1 Å². The number of ether oxygens (including phenoxy) is 6. The molecule has 2 aliphatic rings. The number of hydrogen-bond acceptors (Lipinski definition) is 12. The van der Waals surface area contributed by atoms with E-state index in [1.165, 1.54) is 6.92 Å². The number of esters is 3. The highest BCUT2D eigenvalue weighted by molar-refractivity contribution is 5.81. The molecule has 0 saturated carbocycles.